The third-order valence-electron chi connectivity index (χ3n) is 3.85. The molecule has 29 heavy (non-hydrogen) atoms. The minimum absolute atomic E-state index is 0.122. The zero-order chi connectivity index (χ0) is 21.0. The molecule has 1 aromatic heterocycles. The van der Waals surface area contributed by atoms with E-state index in [2.05, 4.69) is 4.98 Å². The van der Waals surface area contributed by atoms with Crippen molar-refractivity contribution in [2.24, 2.45) is 5.73 Å². The molecule has 0 aliphatic carbocycles. The Morgan fingerprint density at radius 1 is 1.24 bits per heavy atom. The van der Waals surface area contributed by atoms with Gasteiger partial charge in [-0.3, -0.25) is 14.5 Å². The first-order valence-electron chi connectivity index (χ1n) is 8.51. The van der Waals surface area contributed by atoms with Crippen LogP contribution in [0.25, 0.3) is 0 Å². The molecule has 2 aromatic carbocycles. The Bertz CT molecular complexity index is 1040. The number of methoxy groups -OCH3 is 1. The van der Waals surface area contributed by atoms with Crippen LogP contribution >= 0.6 is 22.9 Å². The van der Waals surface area contributed by atoms with Crippen LogP contribution in [0.3, 0.4) is 0 Å². The highest BCUT2D eigenvalue weighted by molar-refractivity contribution is 7.14. The lowest BCUT2D eigenvalue weighted by Gasteiger charge is -2.21. The van der Waals surface area contributed by atoms with Crippen LogP contribution in [0.4, 0.5) is 10.8 Å². The molecule has 0 fully saturated rings. The second-order valence-corrected chi connectivity index (χ2v) is 7.24. The number of primary amides is 1. The van der Waals surface area contributed by atoms with Gasteiger partial charge >= 0.3 is 0 Å². The molecular weight excluding hydrogens is 414 g/mol. The summed E-state index contributed by atoms with van der Waals surface area (Å²) in [5.74, 6) is -0.642. The molecule has 3 aromatic rings. The molecule has 0 saturated heterocycles. The number of nitrogens with zero attached hydrogens (tertiary/aromatic N) is 2. The molecule has 0 aliphatic rings. The number of aryl methyl sites for hydroxylation is 1. The monoisotopic (exact) mass is 431 g/mol. The van der Waals surface area contributed by atoms with Gasteiger partial charge in [-0.2, -0.15) is 0 Å². The molecule has 0 saturated carbocycles. The highest BCUT2D eigenvalue weighted by Gasteiger charge is 2.25. The van der Waals surface area contributed by atoms with Crippen molar-refractivity contribution >= 4 is 45.6 Å². The molecule has 0 spiro atoms. The Morgan fingerprint density at radius 3 is 2.55 bits per heavy atom. The Hall–Kier alpha value is -3.10. The maximum absolute atomic E-state index is 13.4. The fourth-order valence-electron chi connectivity index (χ4n) is 2.59. The molecule has 3 rings (SSSR count). The largest absolute Gasteiger partial charge is 0.493 e. The number of nitrogens with two attached hydrogens (primary N) is 1. The van der Waals surface area contributed by atoms with Gasteiger partial charge in [0.25, 0.3) is 11.8 Å². The average molecular weight is 432 g/mol. The van der Waals surface area contributed by atoms with Crippen molar-refractivity contribution in [1.82, 2.24) is 4.98 Å². The Balaban J connectivity index is 2.04. The van der Waals surface area contributed by atoms with Gasteiger partial charge in [-0.05, 0) is 31.2 Å². The number of hydrogen-bond acceptors (Lipinski definition) is 6. The lowest BCUT2D eigenvalue weighted by molar-refractivity contribution is -0.119. The summed E-state index contributed by atoms with van der Waals surface area (Å²) in [5, 5.41) is 2.52. The van der Waals surface area contributed by atoms with E-state index in [1.807, 2.05) is 42.6 Å². The first-order valence-corrected chi connectivity index (χ1v) is 9.76. The first kappa shape index (κ1) is 20.6. The average Bonchev–Trinajstić information content (AvgIpc) is 3.13. The normalized spacial score (nSPS) is 10.4. The second kappa shape index (κ2) is 8.93. The van der Waals surface area contributed by atoms with Gasteiger partial charge in [0.15, 0.2) is 23.2 Å². The molecule has 0 atom stereocenters. The molecule has 2 amide bonds. The molecule has 0 unspecified atom stereocenters. The number of benzene rings is 2. The fraction of sp³-hybridized carbons (Fsp3) is 0.150. The van der Waals surface area contributed by atoms with Crippen molar-refractivity contribution in [3.63, 3.8) is 0 Å². The Labute approximate surface area is 176 Å². The summed E-state index contributed by atoms with van der Waals surface area (Å²) in [4.78, 5) is 30.4. The van der Waals surface area contributed by atoms with Gasteiger partial charge in [-0.1, -0.05) is 29.8 Å². The van der Waals surface area contributed by atoms with Gasteiger partial charge in [-0.25, -0.2) is 4.98 Å². The van der Waals surface area contributed by atoms with E-state index >= 15 is 0 Å². The number of para-hydroxylation sites is 1. The lowest BCUT2D eigenvalue weighted by atomic mass is 10.1. The first-order chi connectivity index (χ1) is 13.9. The van der Waals surface area contributed by atoms with Crippen LogP contribution in [-0.4, -0.2) is 30.5 Å². The molecule has 7 nitrogen and oxygen atoms in total. The molecule has 1 heterocycles. The predicted octanol–water partition coefficient (Wildman–Crippen LogP) is 3.96. The minimum atomic E-state index is -0.655. The van der Waals surface area contributed by atoms with Crippen molar-refractivity contribution in [1.29, 1.82) is 0 Å². The van der Waals surface area contributed by atoms with Crippen LogP contribution in [0.1, 0.15) is 16.1 Å². The molecule has 9 heteroatoms. The van der Waals surface area contributed by atoms with E-state index < -0.39 is 5.91 Å². The highest BCUT2D eigenvalue weighted by Crippen LogP contribution is 2.38. The maximum atomic E-state index is 13.4. The second-order valence-electron chi connectivity index (χ2n) is 5.99. The van der Waals surface area contributed by atoms with Crippen molar-refractivity contribution in [2.75, 3.05) is 18.6 Å². The van der Waals surface area contributed by atoms with Gasteiger partial charge in [0.2, 0.25) is 0 Å². The number of hydrogen-bond donors (Lipinski definition) is 1. The minimum Gasteiger partial charge on any atom is -0.493 e. The van der Waals surface area contributed by atoms with Crippen molar-refractivity contribution < 1.29 is 19.1 Å². The summed E-state index contributed by atoms with van der Waals surface area (Å²) in [6, 6.07) is 12.1. The van der Waals surface area contributed by atoms with Gasteiger partial charge in [-0.15, -0.1) is 11.3 Å². The zero-order valence-corrected chi connectivity index (χ0v) is 17.3. The van der Waals surface area contributed by atoms with Crippen LogP contribution < -0.4 is 20.1 Å². The van der Waals surface area contributed by atoms with Crippen LogP contribution in [-0.2, 0) is 4.79 Å². The van der Waals surface area contributed by atoms with Crippen LogP contribution in [0.5, 0.6) is 11.5 Å². The molecule has 2 N–H and O–H groups in total. The SMILES string of the molecule is COc1cc(C(=O)N(c2ccccc2)c2nc(C)cs2)cc(Cl)c1OCC(N)=O. The van der Waals surface area contributed by atoms with Gasteiger partial charge < -0.3 is 15.2 Å². The zero-order valence-electron chi connectivity index (χ0n) is 15.7. The summed E-state index contributed by atoms with van der Waals surface area (Å²) in [6.45, 7) is 1.50. The molecule has 150 valence electrons. The number of thiazole rings is 1. The van der Waals surface area contributed by atoms with Crippen molar-refractivity contribution in [2.45, 2.75) is 6.92 Å². The van der Waals surface area contributed by atoms with E-state index in [1.54, 1.807) is 0 Å². The van der Waals surface area contributed by atoms with Gasteiger partial charge in [0.05, 0.1) is 23.5 Å². The number of halogens is 1. The number of carbonyl (C=O) groups is 2. The predicted molar refractivity (Wildman–Crippen MR) is 112 cm³/mol. The smallest absolute Gasteiger partial charge is 0.264 e. The highest BCUT2D eigenvalue weighted by atomic mass is 35.5. The van der Waals surface area contributed by atoms with Crippen molar-refractivity contribution in [3.05, 3.63) is 64.1 Å². The number of rotatable bonds is 7. The molecular formula is C20H18ClN3O4S. The van der Waals surface area contributed by atoms with E-state index in [-0.39, 0.29) is 34.6 Å². The number of anilines is 2. The summed E-state index contributed by atoms with van der Waals surface area (Å²) in [6.07, 6.45) is 0. The van der Waals surface area contributed by atoms with Crippen molar-refractivity contribution in [3.8, 4) is 11.5 Å². The topological polar surface area (TPSA) is 94.8 Å². The van der Waals surface area contributed by atoms with Gasteiger partial charge in [0, 0.05) is 10.9 Å². The molecule has 0 radical (unpaired) electrons. The Morgan fingerprint density at radius 2 is 1.97 bits per heavy atom. The molecule has 0 bridgehead atoms. The van der Waals surface area contributed by atoms with Crippen LogP contribution in [0, 0.1) is 6.92 Å². The summed E-state index contributed by atoms with van der Waals surface area (Å²) in [5.41, 5.74) is 6.86. The summed E-state index contributed by atoms with van der Waals surface area (Å²) in [7, 11) is 1.41. The maximum Gasteiger partial charge on any atom is 0.264 e. The number of aromatic nitrogens is 1. The van der Waals surface area contributed by atoms with E-state index in [9.17, 15) is 9.59 Å². The third kappa shape index (κ3) is 4.67. The Kier molecular flexibility index (Phi) is 6.36. The van der Waals surface area contributed by atoms with E-state index in [1.165, 1.54) is 35.5 Å². The number of carbonyl (C=O) groups excluding carboxylic acids is 2. The lowest BCUT2D eigenvalue weighted by Crippen LogP contribution is -2.26. The summed E-state index contributed by atoms with van der Waals surface area (Å²) >= 11 is 7.66. The van der Waals surface area contributed by atoms with Crippen LogP contribution in [0.15, 0.2) is 47.8 Å². The fourth-order valence-corrected chi connectivity index (χ4v) is 3.68. The van der Waals surface area contributed by atoms with E-state index in [0.29, 0.717) is 10.8 Å². The quantitative estimate of drug-likeness (QED) is 0.611. The number of amides is 2. The summed E-state index contributed by atoms with van der Waals surface area (Å²) < 4.78 is 10.6. The standard InChI is InChI=1S/C20H18ClN3O4S/c1-12-11-29-20(23-12)24(14-6-4-3-5-7-14)19(26)13-8-15(21)18(16(9-13)27-2)28-10-17(22)25/h3-9,11H,10H2,1-2H3,(H2,22,25). The van der Waals surface area contributed by atoms with E-state index in [4.69, 9.17) is 26.8 Å². The van der Waals surface area contributed by atoms with E-state index in [0.717, 1.165) is 5.69 Å². The molecule has 0 aliphatic heterocycles. The van der Waals surface area contributed by atoms with Gasteiger partial charge in [0.1, 0.15) is 0 Å². The third-order valence-corrected chi connectivity index (χ3v) is 5.08. The van der Waals surface area contributed by atoms with Crippen LogP contribution in [0.2, 0.25) is 5.02 Å². The number of ether oxygens (including phenoxy) is 2.